The number of nitrogens with one attached hydrogen (secondary N) is 3. The molecule has 5 rings (SSSR count). The highest BCUT2D eigenvalue weighted by Crippen LogP contribution is 2.30. The molecule has 0 unspecified atom stereocenters. The number of fused-ring (bicyclic) bond motifs is 3. The van der Waals surface area contributed by atoms with Crippen LogP contribution >= 0.6 is 0 Å². The number of carbonyl (C=O) groups excluding carboxylic acids is 1. The molecule has 8 nitrogen and oxygen atoms in total. The summed E-state index contributed by atoms with van der Waals surface area (Å²) in [5.41, 5.74) is 11.3. The average molecular weight is 397 g/mol. The van der Waals surface area contributed by atoms with Crippen LogP contribution in [0.25, 0.3) is 33.1 Å². The van der Waals surface area contributed by atoms with Gasteiger partial charge in [0.05, 0.1) is 16.7 Å². The molecule has 1 aromatic carbocycles. The van der Waals surface area contributed by atoms with Gasteiger partial charge in [-0.1, -0.05) is 18.2 Å². The van der Waals surface area contributed by atoms with E-state index in [1.165, 1.54) is 0 Å². The third-order valence-electron chi connectivity index (χ3n) is 5.05. The molecule has 0 aliphatic rings. The summed E-state index contributed by atoms with van der Waals surface area (Å²) in [6, 6.07) is 15.2. The predicted molar refractivity (Wildman–Crippen MR) is 116 cm³/mol. The number of aromatic nitrogens is 5. The molecule has 0 aliphatic heterocycles. The van der Waals surface area contributed by atoms with Gasteiger partial charge in [-0.15, -0.1) is 0 Å². The van der Waals surface area contributed by atoms with Crippen molar-refractivity contribution in [2.45, 2.75) is 6.42 Å². The number of carbonyl (C=O) groups is 1. The SMILES string of the molecule is Nc1nc2cc(-c3ccn[nH]3)ccc2c2[nH]c(CCNC(=O)c3ccccn3)cc12. The standard InChI is InChI=1S/C22H19N7O/c23-21-16-12-14(6-9-25-22(30)18-3-1-2-8-24-18)27-20(16)15-5-4-13(11-19(15)28-21)17-7-10-26-29-17/h1-5,7-8,10-12,27H,6,9H2,(H2,23,28)(H,25,30)(H,26,29). The van der Waals surface area contributed by atoms with E-state index in [9.17, 15) is 4.79 Å². The lowest BCUT2D eigenvalue weighted by Gasteiger charge is -2.05. The summed E-state index contributed by atoms with van der Waals surface area (Å²) in [5.74, 6) is 0.281. The summed E-state index contributed by atoms with van der Waals surface area (Å²) >= 11 is 0. The third-order valence-corrected chi connectivity index (χ3v) is 5.05. The fourth-order valence-corrected chi connectivity index (χ4v) is 3.57. The summed E-state index contributed by atoms with van der Waals surface area (Å²) in [6.07, 6.45) is 3.96. The lowest BCUT2D eigenvalue weighted by Crippen LogP contribution is -2.26. The Bertz CT molecular complexity index is 1340. The Hall–Kier alpha value is -4.20. The molecule has 0 spiro atoms. The van der Waals surface area contributed by atoms with Gasteiger partial charge in [-0.2, -0.15) is 5.10 Å². The molecule has 0 radical (unpaired) electrons. The lowest BCUT2D eigenvalue weighted by atomic mass is 10.1. The quantitative estimate of drug-likeness (QED) is 0.363. The normalized spacial score (nSPS) is 11.2. The number of H-pyrrole nitrogens is 2. The van der Waals surface area contributed by atoms with E-state index in [1.807, 2.05) is 30.3 Å². The molecular weight excluding hydrogens is 378 g/mol. The van der Waals surface area contributed by atoms with E-state index in [-0.39, 0.29) is 5.91 Å². The second kappa shape index (κ2) is 7.32. The molecule has 5 N–H and O–H groups in total. The summed E-state index contributed by atoms with van der Waals surface area (Å²) in [5, 5.41) is 11.7. The Morgan fingerprint density at radius 1 is 1.07 bits per heavy atom. The molecule has 1 amide bonds. The largest absolute Gasteiger partial charge is 0.383 e. The van der Waals surface area contributed by atoms with Crippen LogP contribution in [0.1, 0.15) is 16.2 Å². The smallest absolute Gasteiger partial charge is 0.269 e. The lowest BCUT2D eigenvalue weighted by molar-refractivity contribution is 0.0949. The zero-order valence-electron chi connectivity index (χ0n) is 16.0. The van der Waals surface area contributed by atoms with Gasteiger partial charge in [0, 0.05) is 47.4 Å². The van der Waals surface area contributed by atoms with Gasteiger partial charge < -0.3 is 16.0 Å². The van der Waals surface area contributed by atoms with Gasteiger partial charge in [0.2, 0.25) is 0 Å². The first kappa shape index (κ1) is 17.9. The number of nitrogens with zero attached hydrogens (tertiary/aromatic N) is 3. The van der Waals surface area contributed by atoms with Crippen molar-refractivity contribution in [3.8, 4) is 11.3 Å². The van der Waals surface area contributed by atoms with Crippen LogP contribution in [0.15, 0.2) is 60.9 Å². The van der Waals surface area contributed by atoms with Crippen molar-refractivity contribution in [2.24, 2.45) is 0 Å². The van der Waals surface area contributed by atoms with Crippen LogP contribution in [0.3, 0.4) is 0 Å². The van der Waals surface area contributed by atoms with E-state index >= 15 is 0 Å². The molecule has 0 bridgehead atoms. The highest BCUT2D eigenvalue weighted by Gasteiger charge is 2.12. The minimum Gasteiger partial charge on any atom is -0.383 e. The van der Waals surface area contributed by atoms with Gasteiger partial charge in [-0.25, -0.2) is 4.98 Å². The van der Waals surface area contributed by atoms with Crippen LogP contribution < -0.4 is 11.1 Å². The van der Waals surface area contributed by atoms with Crippen molar-refractivity contribution in [1.82, 2.24) is 30.5 Å². The van der Waals surface area contributed by atoms with Crippen molar-refractivity contribution in [1.29, 1.82) is 0 Å². The maximum Gasteiger partial charge on any atom is 0.269 e. The molecule has 0 saturated carbocycles. The molecule has 4 heterocycles. The summed E-state index contributed by atoms with van der Waals surface area (Å²) in [4.78, 5) is 24.2. The van der Waals surface area contributed by atoms with Crippen LogP contribution in [0.2, 0.25) is 0 Å². The van der Waals surface area contributed by atoms with E-state index in [0.29, 0.717) is 24.5 Å². The number of nitrogens with two attached hydrogens (primary N) is 1. The number of pyridine rings is 2. The maximum atomic E-state index is 12.1. The summed E-state index contributed by atoms with van der Waals surface area (Å²) < 4.78 is 0. The molecule has 0 saturated heterocycles. The first-order valence-corrected chi connectivity index (χ1v) is 9.59. The summed E-state index contributed by atoms with van der Waals surface area (Å²) in [7, 11) is 0. The van der Waals surface area contributed by atoms with Gasteiger partial charge in [0.1, 0.15) is 11.5 Å². The van der Waals surface area contributed by atoms with Gasteiger partial charge in [-0.3, -0.25) is 14.9 Å². The second-order valence-electron chi connectivity index (χ2n) is 7.00. The molecule has 0 atom stereocenters. The Morgan fingerprint density at radius 3 is 2.80 bits per heavy atom. The van der Waals surface area contributed by atoms with E-state index in [1.54, 1.807) is 30.6 Å². The number of rotatable bonds is 5. The third kappa shape index (κ3) is 3.24. The number of benzene rings is 1. The Balaban J connectivity index is 1.40. The molecule has 4 aromatic heterocycles. The minimum absolute atomic E-state index is 0.190. The van der Waals surface area contributed by atoms with Crippen LogP contribution in [0.5, 0.6) is 0 Å². The van der Waals surface area contributed by atoms with Crippen molar-refractivity contribution in [3.05, 3.63) is 72.3 Å². The fraction of sp³-hybridized carbons (Fsp3) is 0.0909. The zero-order chi connectivity index (χ0) is 20.5. The number of aromatic amines is 2. The van der Waals surface area contributed by atoms with E-state index in [4.69, 9.17) is 5.73 Å². The number of hydrogen-bond donors (Lipinski definition) is 4. The molecule has 0 aliphatic carbocycles. The van der Waals surface area contributed by atoms with Gasteiger partial charge >= 0.3 is 0 Å². The Labute approximate surface area is 171 Å². The number of nitrogen functional groups attached to an aromatic ring is 1. The second-order valence-corrected chi connectivity index (χ2v) is 7.00. The van der Waals surface area contributed by atoms with E-state index < -0.39 is 0 Å². The Morgan fingerprint density at radius 2 is 2.00 bits per heavy atom. The summed E-state index contributed by atoms with van der Waals surface area (Å²) in [6.45, 7) is 0.484. The highest BCUT2D eigenvalue weighted by molar-refractivity contribution is 6.08. The molecule has 148 valence electrons. The van der Waals surface area contributed by atoms with Crippen molar-refractivity contribution < 1.29 is 4.79 Å². The molecular formula is C22H19N7O. The van der Waals surface area contributed by atoms with Crippen molar-refractivity contribution in [3.63, 3.8) is 0 Å². The van der Waals surface area contributed by atoms with Crippen LogP contribution in [-0.2, 0) is 6.42 Å². The minimum atomic E-state index is -0.190. The number of amides is 1. The highest BCUT2D eigenvalue weighted by atomic mass is 16.1. The van der Waals surface area contributed by atoms with Gasteiger partial charge in [0.25, 0.3) is 5.91 Å². The van der Waals surface area contributed by atoms with Crippen LogP contribution in [0.4, 0.5) is 5.82 Å². The zero-order valence-corrected chi connectivity index (χ0v) is 16.0. The molecule has 0 fully saturated rings. The van der Waals surface area contributed by atoms with E-state index in [2.05, 4.69) is 30.5 Å². The average Bonchev–Trinajstić information content (AvgIpc) is 3.45. The predicted octanol–water partition coefficient (Wildman–Crippen LogP) is 3.06. The first-order chi connectivity index (χ1) is 14.7. The van der Waals surface area contributed by atoms with Gasteiger partial charge in [-0.05, 0) is 30.3 Å². The van der Waals surface area contributed by atoms with Gasteiger partial charge in [0.15, 0.2) is 0 Å². The maximum absolute atomic E-state index is 12.1. The van der Waals surface area contributed by atoms with Crippen LogP contribution in [0, 0.1) is 0 Å². The number of hydrogen-bond acceptors (Lipinski definition) is 5. The van der Waals surface area contributed by atoms with Crippen LogP contribution in [-0.4, -0.2) is 37.6 Å². The Kier molecular flexibility index (Phi) is 4.36. The topological polar surface area (TPSA) is 125 Å². The van der Waals surface area contributed by atoms with Crippen molar-refractivity contribution in [2.75, 3.05) is 12.3 Å². The molecule has 5 aromatic rings. The molecule has 30 heavy (non-hydrogen) atoms. The monoisotopic (exact) mass is 397 g/mol. The van der Waals surface area contributed by atoms with Crippen molar-refractivity contribution >= 4 is 33.5 Å². The fourth-order valence-electron chi connectivity index (χ4n) is 3.57. The molecule has 8 heteroatoms. The first-order valence-electron chi connectivity index (χ1n) is 9.59. The number of anilines is 1. The van der Waals surface area contributed by atoms with E-state index in [0.717, 1.165) is 38.8 Å².